The van der Waals surface area contributed by atoms with Crippen LogP contribution in [0.5, 0.6) is 0 Å². The molecule has 0 spiro atoms. The lowest BCUT2D eigenvalue weighted by Crippen LogP contribution is -2.61. The standard InChI is InChI=1S/C10H18O5/c1-5-7(11)8-6(14-9(5)12)4-13-10(2,3)15-8/h5-9,11-12H,4H2,1-3H3/t5-,6?,7-,8-,9?/m1/s1. The first-order valence-electron chi connectivity index (χ1n) is 5.24. The van der Waals surface area contributed by atoms with E-state index in [-0.39, 0.29) is 12.0 Å². The van der Waals surface area contributed by atoms with Crippen LogP contribution in [-0.2, 0) is 14.2 Å². The number of aliphatic hydroxyl groups is 2. The van der Waals surface area contributed by atoms with E-state index in [0.717, 1.165) is 0 Å². The molecule has 2 rings (SSSR count). The first kappa shape index (κ1) is 11.3. The lowest BCUT2D eigenvalue weighted by Gasteiger charge is -2.48. The Balaban J connectivity index is 2.12. The molecule has 5 heteroatoms. The Hall–Kier alpha value is -0.200. The van der Waals surface area contributed by atoms with Crippen molar-refractivity contribution in [3.05, 3.63) is 0 Å². The molecule has 15 heavy (non-hydrogen) atoms. The van der Waals surface area contributed by atoms with Gasteiger partial charge in [0.05, 0.1) is 12.7 Å². The van der Waals surface area contributed by atoms with E-state index >= 15 is 0 Å². The van der Waals surface area contributed by atoms with Gasteiger partial charge in [-0.3, -0.25) is 0 Å². The molecule has 0 aliphatic carbocycles. The van der Waals surface area contributed by atoms with Crippen LogP contribution in [0.4, 0.5) is 0 Å². The monoisotopic (exact) mass is 218 g/mol. The van der Waals surface area contributed by atoms with Crippen molar-refractivity contribution in [1.82, 2.24) is 0 Å². The molecule has 0 aromatic heterocycles. The van der Waals surface area contributed by atoms with Gasteiger partial charge in [0.15, 0.2) is 12.1 Å². The highest BCUT2D eigenvalue weighted by Crippen LogP contribution is 2.33. The number of hydrogen-bond acceptors (Lipinski definition) is 5. The molecule has 0 aromatic carbocycles. The van der Waals surface area contributed by atoms with Gasteiger partial charge >= 0.3 is 0 Å². The second-order valence-electron chi connectivity index (χ2n) is 4.71. The fourth-order valence-electron chi connectivity index (χ4n) is 1.99. The van der Waals surface area contributed by atoms with Crippen LogP contribution in [0.25, 0.3) is 0 Å². The van der Waals surface area contributed by atoms with E-state index in [1.165, 1.54) is 0 Å². The second-order valence-corrected chi connectivity index (χ2v) is 4.71. The SMILES string of the molecule is C[C@H]1C(O)OC2COC(C)(C)O[C@H]2[C@@H]1O. The average Bonchev–Trinajstić information content (AvgIpc) is 2.16. The van der Waals surface area contributed by atoms with Crippen molar-refractivity contribution >= 4 is 0 Å². The van der Waals surface area contributed by atoms with Gasteiger partial charge in [0.1, 0.15) is 12.2 Å². The highest BCUT2D eigenvalue weighted by atomic mass is 16.7. The molecule has 0 aromatic rings. The van der Waals surface area contributed by atoms with Crippen LogP contribution < -0.4 is 0 Å². The van der Waals surface area contributed by atoms with Crippen molar-refractivity contribution in [2.45, 2.75) is 51.2 Å². The van der Waals surface area contributed by atoms with Crippen molar-refractivity contribution in [3.63, 3.8) is 0 Å². The summed E-state index contributed by atoms with van der Waals surface area (Å²) in [4.78, 5) is 0. The summed E-state index contributed by atoms with van der Waals surface area (Å²) in [7, 11) is 0. The fourth-order valence-corrected chi connectivity index (χ4v) is 1.99. The lowest BCUT2D eigenvalue weighted by atomic mass is 9.91. The predicted octanol–water partition coefficient (Wildman–Crippen LogP) is -0.148. The van der Waals surface area contributed by atoms with E-state index in [2.05, 4.69) is 0 Å². The zero-order chi connectivity index (χ0) is 11.2. The molecule has 2 fully saturated rings. The van der Waals surface area contributed by atoms with E-state index < -0.39 is 24.3 Å². The summed E-state index contributed by atoms with van der Waals surface area (Å²) in [6.45, 7) is 5.66. The Morgan fingerprint density at radius 1 is 1.27 bits per heavy atom. The van der Waals surface area contributed by atoms with Crippen LogP contribution in [0.3, 0.4) is 0 Å². The van der Waals surface area contributed by atoms with Crippen molar-refractivity contribution in [3.8, 4) is 0 Å². The minimum absolute atomic E-state index is 0.332. The van der Waals surface area contributed by atoms with Crippen LogP contribution in [-0.4, -0.2) is 47.2 Å². The van der Waals surface area contributed by atoms with Crippen molar-refractivity contribution < 1.29 is 24.4 Å². The molecular weight excluding hydrogens is 200 g/mol. The van der Waals surface area contributed by atoms with Crippen molar-refractivity contribution in [2.24, 2.45) is 5.92 Å². The number of ether oxygens (including phenoxy) is 3. The third-order valence-corrected chi connectivity index (χ3v) is 3.02. The van der Waals surface area contributed by atoms with Gasteiger partial charge in [-0.25, -0.2) is 0 Å². The molecule has 0 radical (unpaired) electrons. The highest BCUT2D eigenvalue weighted by molar-refractivity contribution is 4.91. The zero-order valence-corrected chi connectivity index (χ0v) is 9.21. The van der Waals surface area contributed by atoms with E-state index in [0.29, 0.717) is 6.61 Å². The molecule has 2 aliphatic heterocycles. The number of aliphatic hydroxyl groups excluding tert-OH is 2. The van der Waals surface area contributed by atoms with Crippen LogP contribution >= 0.6 is 0 Å². The Kier molecular flexibility index (Phi) is 2.77. The summed E-state index contributed by atoms with van der Waals surface area (Å²) >= 11 is 0. The van der Waals surface area contributed by atoms with E-state index in [9.17, 15) is 10.2 Å². The lowest BCUT2D eigenvalue weighted by molar-refractivity contribution is -0.370. The maximum absolute atomic E-state index is 9.95. The average molecular weight is 218 g/mol. The van der Waals surface area contributed by atoms with E-state index in [1.54, 1.807) is 20.8 Å². The topological polar surface area (TPSA) is 68.2 Å². The maximum atomic E-state index is 9.95. The fraction of sp³-hybridized carbons (Fsp3) is 1.00. The van der Waals surface area contributed by atoms with Gasteiger partial charge < -0.3 is 24.4 Å². The molecule has 0 amide bonds. The minimum Gasteiger partial charge on any atom is -0.390 e. The predicted molar refractivity (Wildman–Crippen MR) is 51.0 cm³/mol. The summed E-state index contributed by atoms with van der Waals surface area (Å²) < 4.78 is 16.3. The number of fused-ring (bicyclic) bond motifs is 1. The second kappa shape index (κ2) is 3.68. The summed E-state index contributed by atoms with van der Waals surface area (Å²) in [6.07, 6.45) is -2.48. The van der Waals surface area contributed by atoms with Gasteiger partial charge in [-0.15, -0.1) is 0 Å². The summed E-state index contributed by atoms with van der Waals surface area (Å²) in [6, 6.07) is 0. The third kappa shape index (κ3) is 2.03. The van der Waals surface area contributed by atoms with Gasteiger partial charge in [-0.2, -0.15) is 0 Å². The number of rotatable bonds is 0. The molecule has 88 valence electrons. The molecule has 2 heterocycles. The smallest absolute Gasteiger partial charge is 0.163 e. The van der Waals surface area contributed by atoms with Gasteiger partial charge in [0.25, 0.3) is 0 Å². The number of hydrogen-bond donors (Lipinski definition) is 2. The van der Waals surface area contributed by atoms with E-state index in [1.807, 2.05) is 0 Å². The summed E-state index contributed by atoms with van der Waals surface area (Å²) in [5, 5.41) is 19.5. The molecular formula is C10H18O5. The summed E-state index contributed by atoms with van der Waals surface area (Å²) in [5.74, 6) is -1.05. The quantitative estimate of drug-likeness (QED) is 0.592. The first-order valence-corrected chi connectivity index (χ1v) is 5.24. The zero-order valence-electron chi connectivity index (χ0n) is 9.21. The van der Waals surface area contributed by atoms with Crippen LogP contribution in [0, 0.1) is 5.92 Å². The Labute approximate surface area is 88.9 Å². The first-order chi connectivity index (χ1) is 6.91. The van der Waals surface area contributed by atoms with Gasteiger partial charge in [-0.1, -0.05) is 6.92 Å². The van der Waals surface area contributed by atoms with Crippen molar-refractivity contribution in [1.29, 1.82) is 0 Å². The van der Waals surface area contributed by atoms with Gasteiger partial charge in [-0.05, 0) is 13.8 Å². The molecule has 2 N–H and O–H groups in total. The third-order valence-electron chi connectivity index (χ3n) is 3.02. The molecule has 0 saturated carbocycles. The molecule has 2 aliphatic rings. The maximum Gasteiger partial charge on any atom is 0.163 e. The molecule has 0 bridgehead atoms. The molecule has 5 nitrogen and oxygen atoms in total. The Morgan fingerprint density at radius 3 is 2.60 bits per heavy atom. The van der Waals surface area contributed by atoms with E-state index in [4.69, 9.17) is 14.2 Å². The van der Waals surface area contributed by atoms with Crippen LogP contribution in [0.1, 0.15) is 20.8 Å². The molecule has 5 atom stereocenters. The van der Waals surface area contributed by atoms with Crippen LogP contribution in [0.15, 0.2) is 0 Å². The van der Waals surface area contributed by atoms with Gasteiger partial charge in [0, 0.05) is 5.92 Å². The normalized spacial score (nSPS) is 49.8. The minimum atomic E-state index is -0.949. The Morgan fingerprint density at radius 2 is 1.93 bits per heavy atom. The highest BCUT2D eigenvalue weighted by Gasteiger charge is 2.48. The summed E-state index contributed by atoms with van der Waals surface area (Å²) in [5.41, 5.74) is 0. The van der Waals surface area contributed by atoms with Crippen molar-refractivity contribution in [2.75, 3.05) is 6.61 Å². The largest absolute Gasteiger partial charge is 0.390 e. The molecule has 2 unspecified atom stereocenters. The molecule has 2 saturated heterocycles. The van der Waals surface area contributed by atoms with Gasteiger partial charge in [0.2, 0.25) is 0 Å². The Bertz CT molecular complexity index is 240. The van der Waals surface area contributed by atoms with Crippen LogP contribution in [0.2, 0.25) is 0 Å².